The SMILES string of the molecule is Cc1cc(C)c(S(=O)(=O)N2CCSC2c2ccc(C(C)C)cc2)c(C)c1. The normalized spacial score (nSPS) is 18.6. The Hall–Kier alpha value is -1.30. The zero-order valence-corrected chi connectivity index (χ0v) is 17.7. The first-order chi connectivity index (χ1) is 12.2. The van der Waals surface area contributed by atoms with Gasteiger partial charge in [-0.25, -0.2) is 8.42 Å². The Morgan fingerprint density at radius 2 is 1.62 bits per heavy atom. The minimum atomic E-state index is -3.53. The highest BCUT2D eigenvalue weighted by Crippen LogP contribution is 2.42. The molecule has 5 heteroatoms. The molecule has 0 N–H and O–H groups in total. The number of aryl methyl sites for hydroxylation is 3. The summed E-state index contributed by atoms with van der Waals surface area (Å²) in [6.07, 6.45) is 0. The molecule has 2 aromatic rings. The molecule has 140 valence electrons. The van der Waals surface area contributed by atoms with E-state index in [1.807, 2.05) is 32.9 Å². The molecule has 1 unspecified atom stereocenters. The summed E-state index contributed by atoms with van der Waals surface area (Å²) >= 11 is 1.70. The molecule has 0 amide bonds. The summed E-state index contributed by atoms with van der Waals surface area (Å²) in [5.41, 5.74) is 5.08. The molecule has 1 aliphatic rings. The smallest absolute Gasteiger partial charge is 0.207 e. The first-order valence-electron chi connectivity index (χ1n) is 9.03. The van der Waals surface area contributed by atoms with Crippen LogP contribution in [-0.2, 0) is 10.0 Å². The van der Waals surface area contributed by atoms with E-state index in [4.69, 9.17) is 0 Å². The van der Waals surface area contributed by atoms with Crippen LogP contribution in [0.5, 0.6) is 0 Å². The van der Waals surface area contributed by atoms with Crippen molar-refractivity contribution >= 4 is 21.8 Å². The van der Waals surface area contributed by atoms with E-state index >= 15 is 0 Å². The third-order valence-corrected chi connectivity index (χ3v) is 8.47. The van der Waals surface area contributed by atoms with E-state index in [1.54, 1.807) is 16.1 Å². The maximum Gasteiger partial charge on any atom is 0.244 e. The van der Waals surface area contributed by atoms with Gasteiger partial charge in [-0.2, -0.15) is 4.31 Å². The van der Waals surface area contributed by atoms with Crippen LogP contribution in [0.15, 0.2) is 41.3 Å². The van der Waals surface area contributed by atoms with Gasteiger partial charge in [0.2, 0.25) is 10.0 Å². The Kier molecular flexibility index (Phi) is 5.52. The van der Waals surface area contributed by atoms with E-state index in [1.165, 1.54) is 5.56 Å². The lowest BCUT2D eigenvalue weighted by molar-refractivity contribution is 0.433. The fourth-order valence-electron chi connectivity index (χ4n) is 3.70. The Labute approximate surface area is 161 Å². The molecule has 1 heterocycles. The van der Waals surface area contributed by atoms with Gasteiger partial charge in [-0.05, 0) is 48.9 Å². The Morgan fingerprint density at radius 1 is 1.04 bits per heavy atom. The van der Waals surface area contributed by atoms with Crippen molar-refractivity contribution in [3.05, 3.63) is 64.2 Å². The molecule has 26 heavy (non-hydrogen) atoms. The molecule has 0 aromatic heterocycles. The number of hydrogen-bond donors (Lipinski definition) is 0. The molecular weight excluding hydrogens is 362 g/mol. The zero-order valence-electron chi connectivity index (χ0n) is 16.1. The molecule has 0 bridgehead atoms. The summed E-state index contributed by atoms with van der Waals surface area (Å²) < 4.78 is 28.6. The van der Waals surface area contributed by atoms with Crippen molar-refractivity contribution in [3.63, 3.8) is 0 Å². The van der Waals surface area contributed by atoms with Crippen LogP contribution in [0.25, 0.3) is 0 Å². The third kappa shape index (κ3) is 3.57. The zero-order chi connectivity index (χ0) is 19.1. The second-order valence-corrected chi connectivity index (χ2v) is 10.4. The molecule has 0 aliphatic carbocycles. The Bertz CT molecular complexity index is 879. The van der Waals surface area contributed by atoms with Gasteiger partial charge in [-0.3, -0.25) is 0 Å². The summed E-state index contributed by atoms with van der Waals surface area (Å²) in [6.45, 7) is 10.7. The van der Waals surface area contributed by atoms with E-state index in [9.17, 15) is 8.42 Å². The largest absolute Gasteiger partial charge is 0.244 e. The van der Waals surface area contributed by atoms with Gasteiger partial charge >= 0.3 is 0 Å². The fraction of sp³-hybridized carbons (Fsp3) is 0.429. The molecule has 1 saturated heterocycles. The number of benzene rings is 2. The van der Waals surface area contributed by atoms with E-state index < -0.39 is 10.0 Å². The predicted octanol–water partition coefficient (Wildman–Crippen LogP) is 5.17. The molecule has 3 nitrogen and oxygen atoms in total. The van der Waals surface area contributed by atoms with Gasteiger partial charge in [-0.1, -0.05) is 55.8 Å². The molecule has 1 aliphatic heterocycles. The highest BCUT2D eigenvalue weighted by atomic mass is 32.2. The van der Waals surface area contributed by atoms with Crippen LogP contribution in [0.3, 0.4) is 0 Å². The lowest BCUT2D eigenvalue weighted by atomic mass is 10.0. The van der Waals surface area contributed by atoms with Gasteiger partial charge in [0.15, 0.2) is 0 Å². The highest BCUT2D eigenvalue weighted by molar-refractivity contribution is 8.01. The third-order valence-electron chi connectivity index (χ3n) is 4.91. The van der Waals surface area contributed by atoms with E-state index in [2.05, 4.69) is 38.1 Å². The molecule has 3 rings (SSSR count). The van der Waals surface area contributed by atoms with Crippen molar-refractivity contribution in [2.24, 2.45) is 0 Å². The summed E-state index contributed by atoms with van der Waals surface area (Å²) in [5.74, 6) is 1.29. The van der Waals surface area contributed by atoms with E-state index in [0.29, 0.717) is 17.4 Å². The summed E-state index contributed by atoms with van der Waals surface area (Å²) in [6, 6.07) is 12.3. The molecule has 1 fully saturated rings. The van der Waals surface area contributed by atoms with Crippen LogP contribution in [0.1, 0.15) is 53.0 Å². The van der Waals surface area contributed by atoms with Gasteiger partial charge in [-0.15, -0.1) is 11.8 Å². The van der Waals surface area contributed by atoms with Crippen LogP contribution in [-0.4, -0.2) is 25.0 Å². The van der Waals surface area contributed by atoms with Gasteiger partial charge in [0.25, 0.3) is 0 Å². The van der Waals surface area contributed by atoms with Crippen molar-refractivity contribution in [2.75, 3.05) is 12.3 Å². The van der Waals surface area contributed by atoms with Gasteiger partial charge < -0.3 is 0 Å². The maximum atomic E-state index is 13.5. The van der Waals surface area contributed by atoms with Crippen molar-refractivity contribution in [1.29, 1.82) is 0 Å². The second kappa shape index (κ2) is 7.37. The quantitative estimate of drug-likeness (QED) is 0.724. The lowest BCUT2D eigenvalue weighted by Crippen LogP contribution is -2.31. The van der Waals surface area contributed by atoms with Crippen LogP contribution in [0, 0.1) is 20.8 Å². The minimum Gasteiger partial charge on any atom is -0.207 e. The van der Waals surface area contributed by atoms with Crippen molar-refractivity contribution in [2.45, 2.75) is 50.8 Å². The number of hydrogen-bond acceptors (Lipinski definition) is 3. The topological polar surface area (TPSA) is 37.4 Å². The summed E-state index contributed by atoms with van der Waals surface area (Å²) in [4.78, 5) is 0.467. The number of thioether (sulfide) groups is 1. The van der Waals surface area contributed by atoms with Crippen molar-refractivity contribution < 1.29 is 8.42 Å². The highest BCUT2D eigenvalue weighted by Gasteiger charge is 2.38. The molecule has 0 spiro atoms. The molecule has 1 atom stereocenters. The lowest BCUT2D eigenvalue weighted by Gasteiger charge is -2.25. The van der Waals surface area contributed by atoms with Crippen LogP contribution in [0.4, 0.5) is 0 Å². The predicted molar refractivity (Wildman–Crippen MR) is 110 cm³/mol. The van der Waals surface area contributed by atoms with Crippen molar-refractivity contribution in [1.82, 2.24) is 4.31 Å². The van der Waals surface area contributed by atoms with E-state index in [-0.39, 0.29) is 5.37 Å². The average Bonchev–Trinajstić information content (AvgIpc) is 3.04. The number of nitrogens with zero attached hydrogens (tertiary/aromatic N) is 1. The van der Waals surface area contributed by atoms with Gasteiger partial charge in [0, 0.05) is 12.3 Å². The van der Waals surface area contributed by atoms with Crippen LogP contribution in [0.2, 0.25) is 0 Å². The molecule has 0 saturated carbocycles. The second-order valence-electron chi connectivity index (χ2n) is 7.39. The molecule has 2 aromatic carbocycles. The average molecular weight is 390 g/mol. The monoisotopic (exact) mass is 389 g/mol. The van der Waals surface area contributed by atoms with Gasteiger partial charge in [0.1, 0.15) is 0 Å². The van der Waals surface area contributed by atoms with Crippen molar-refractivity contribution in [3.8, 4) is 0 Å². The van der Waals surface area contributed by atoms with Crippen LogP contribution >= 0.6 is 11.8 Å². The molecular formula is C21H27NO2S2. The standard InChI is InChI=1S/C21H27NO2S2/c1-14(2)18-6-8-19(9-7-18)21-22(10-11-25-21)26(23,24)20-16(4)12-15(3)13-17(20)5/h6-9,12-14,21H,10-11H2,1-5H3. The number of sulfonamides is 1. The first kappa shape index (κ1) is 19.5. The van der Waals surface area contributed by atoms with Crippen LogP contribution < -0.4 is 0 Å². The fourth-order valence-corrected chi connectivity index (χ4v) is 7.36. The Morgan fingerprint density at radius 3 is 2.15 bits per heavy atom. The first-order valence-corrected chi connectivity index (χ1v) is 11.5. The summed E-state index contributed by atoms with van der Waals surface area (Å²) in [7, 11) is -3.53. The van der Waals surface area contributed by atoms with E-state index in [0.717, 1.165) is 28.0 Å². The molecule has 0 radical (unpaired) electrons. The Balaban J connectivity index is 1.99. The number of rotatable bonds is 4. The maximum absolute atomic E-state index is 13.5. The minimum absolute atomic E-state index is 0.152. The summed E-state index contributed by atoms with van der Waals surface area (Å²) in [5, 5.41) is -0.152. The van der Waals surface area contributed by atoms with Gasteiger partial charge in [0.05, 0.1) is 10.3 Å².